The number of hydrogen-bond donors (Lipinski definition) is 2. The smallest absolute Gasteiger partial charge is 0.371 e. The Balaban J connectivity index is 1.49. The second-order valence-electron chi connectivity index (χ2n) is 5.78. The molecule has 0 saturated carbocycles. The van der Waals surface area contributed by atoms with Crippen LogP contribution in [0.3, 0.4) is 0 Å². The number of rotatable bonds is 7. The lowest BCUT2D eigenvalue weighted by Gasteiger charge is -2.16. The first kappa shape index (κ1) is 17.5. The molecular formula is C18H18N2O6. The number of benzene rings is 1. The average Bonchev–Trinajstić information content (AvgIpc) is 3.27. The molecule has 0 atom stereocenters. The van der Waals surface area contributed by atoms with Crippen molar-refractivity contribution in [3.8, 4) is 5.75 Å². The molecule has 1 fully saturated rings. The van der Waals surface area contributed by atoms with Crippen LogP contribution < -0.4 is 15.0 Å². The molecule has 1 aromatic heterocycles. The van der Waals surface area contributed by atoms with Crippen LogP contribution >= 0.6 is 0 Å². The summed E-state index contributed by atoms with van der Waals surface area (Å²) < 4.78 is 10.5. The molecule has 2 N–H and O–H groups in total. The number of hydrogen-bond acceptors (Lipinski definition) is 5. The molecule has 0 bridgehead atoms. The number of amides is 2. The molecule has 0 spiro atoms. The zero-order chi connectivity index (χ0) is 18.5. The van der Waals surface area contributed by atoms with Gasteiger partial charge in [0.05, 0.1) is 6.54 Å². The van der Waals surface area contributed by atoms with E-state index >= 15 is 0 Å². The quantitative estimate of drug-likeness (QED) is 0.781. The van der Waals surface area contributed by atoms with Crippen molar-refractivity contribution in [2.45, 2.75) is 19.4 Å². The normalized spacial score (nSPS) is 13.7. The van der Waals surface area contributed by atoms with E-state index in [9.17, 15) is 14.4 Å². The molecule has 2 amide bonds. The molecule has 26 heavy (non-hydrogen) atoms. The van der Waals surface area contributed by atoms with Gasteiger partial charge in [-0.2, -0.15) is 0 Å². The second kappa shape index (κ2) is 7.73. The Morgan fingerprint density at radius 2 is 2.12 bits per heavy atom. The van der Waals surface area contributed by atoms with Crippen LogP contribution in [-0.4, -0.2) is 36.0 Å². The fraction of sp³-hybridized carbons (Fsp3) is 0.278. The number of aromatic carboxylic acids is 1. The predicted molar refractivity (Wildman–Crippen MR) is 91.0 cm³/mol. The van der Waals surface area contributed by atoms with Crippen molar-refractivity contribution in [2.75, 3.05) is 18.1 Å². The molecule has 1 aromatic carbocycles. The molecular weight excluding hydrogens is 340 g/mol. The summed E-state index contributed by atoms with van der Waals surface area (Å²) in [5.74, 6) is -0.810. The van der Waals surface area contributed by atoms with Crippen LogP contribution in [0.15, 0.2) is 40.8 Å². The molecule has 1 aliphatic rings. The highest BCUT2D eigenvalue weighted by Gasteiger charge is 2.21. The maximum absolute atomic E-state index is 11.9. The molecule has 2 aromatic rings. The lowest BCUT2D eigenvalue weighted by molar-refractivity contribution is -0.123. The third-order valence-electron chi connectivity index (χ3n) is 3.90. The number of carboxylic acids is 1. The highest BCUT2D eigenvalue weighted by Crippen LogP contribution is 2.25. The van der Waals surface area contributed by atoms with Crippen molar-refractivity contribution in [2.24, 2.45) is 0 Å². The number of anilines is 1. The van der Waals surface area contributed by atoms with Gasteiger partial charge in [0.15, 0.2) is 6.61 Å². The molecule has 8 heteroatoms. The standard InChI is InChI=1S/C18H18N2O6/c21-16(19-10-14-6-7-15(26-14)18(23)24)11-25-13-4-1-3-12(9-13)20-8-2-5-17(20)22/h1,3-4,6-7,9H,2,5,8,10-11H2,(H,19,21)(H,23,24). The van der Waals surface area contributed by atoms with E-state index < -0.39 is 5.97 Å². The van der Waals surface area contributed by atoms with Gasteiger partial charge in [-0.15, -0.1) is 0 Å². The van der Waals surface area contributed by atoms with Crippen LogP contribution in [0.25, 0.3) is 0 Å². The Hall–Kier alpha value is -3.29. The first-order chi connectivity index (χ1) is 12.5. The van der Waals surface area contributed by atoms with E-state index in [0.717, 1.165) is 12.1 Å². The Bertz CT molecular complexity index is 829. The Labute approximate surface area is 149 Å². The van der Waals surface area contributed by atoms with E-state index in [1.54, 1.807) is 23.1 Å². The molecule has 0 aliphatic carbocycles. The van der Waals surface area contributed by atoms with Crippen LogP contribution in [0, 0.1) is 0 Å². The van der Waals surface area contributed by atoms with Gasteiger partial charge in [0, 0.05) is 24.7 Å². The molecule has 8 nitrogen and oxygen atoms in total. The third-order valence-corrected chi connectivity index (χ3v) is 3.90. The van der Waals surface area contributed by atoms with Gasteiger partial charge in [-0.1, -0.05) is 6.07 Å². The highest BCUT2D eigenvalue weighted by molar-refractivity contribution is 5.95. The monoisotopic (exact) mass is 358 g/mol. The second-order valence-corrected chi connectivity index (χ2v) is 5.78. The number of nitrogens with one attached hydrogen (secondary N) is 1. The number of carboxylic acid groups (broad SMARTS) is 1. The van der Waals surface area contributed by atoms with Gasteiger partial charge in [0.25, 0.3) is 5.91 Å². The lowest BCUT2D eigenvalue weighted by Crippen LogP contribution is -2.28. The van der Waals surface area contributed by atoms with Gasteiger partial charge in [0.2, 0.25) is 11.7 Å². The fourth-order valence-corrected chi connectivity index (χ4v) is 2.64. The third kappa shape index (κ3) is 4.21. The van der Waals surface area contributed by atoms with Gasteiger partial charge in [0.1, 0.15) is 11.5 Å². The Morgan fingerprint density at radius 1 is 1.27 bits per heavy atom. The molecule has 3 rings (SSSR count). The van der Waals surface area contributed by atoms with Crippen molar-refractivity contribution >= 4 is 23.5 Å². The average molecular weight is 358 g/mol. The summed E-state index contributed by atoms with van der Waals surface area (Å²) in [7, 11) is 0. The summed E-state index contributed by atoms with van der Waals surface area (Å²) in [6, 6.07) is 9.84. The van der Waals surface area contributed by atoms with Gasteiger partial charge in [-0.25, -0.2) is 4.79 Å². The summed E-state index contributed by atoms with van der Waals surface area (Å²) in [5.41, 5.74) is 0.752. The minimum absolute atomic E-state index is 0.0673. The van der Waals surface area contributed by atoms with Crippen molar-refractivity contribution in [1.29, 1.82) is 0 Å². The van der Waals surface area contributed by atoms with E-state index in [-0.39, 0.29) is 30.7 Å². The van der Waals surface area contributed by atoms with Gasteiger partial charge < -0.3 is 24.5 Å². The number of ether oxygens (including phenoxy) is 1. The summed E-state index contributed by atoms with van der Waals surface area (Å²) >= 11 is 0. The summed E-state index contributed by atoms with van der Waals surface area (Å²) in [4.78, 5) is 36.1. The van der Waals surface area contributed by atoms with Crippen LogP contribution in [0.4, 0.5) is 5.69 Å². The van der Waals surface area contributed by atoms with E-state index in [0.29, 0.717) is 24.5 Å². The zero-order valence-electron chi connectivity index (χ0n) is 13.9. The Kier molecular flexibility index (Phi) is 5.21. The van der Waals surface area contributed by atoms with Crippen molar-refractivity contribution < 1.29 is 28.6 Å². The fourth-order valence-electron chi connectivity index (χ4n) is 2.64. The van der Waals surface area contributed by atoms with Crippen molar-refractivity contribution in [3.05, 3.63) is 47.9 Å². The maximum atomic E-state index is 11.9. The topological polar surface area (TPSA) is 109 Å². The SMILES string of the molecule is O=C(COc1cccc(N2CCCC2=O)c1)NCc1ccc(C(=O)O)o1. The number of nitrogens with zero attached hydrogens (tertiary/aromatic N) is 1. The number of furan rings is 1. The van der Waals surface area contributed by atoms with Gasteiger partial charge in [-0.05, 0) is 30.7 Å². The van der Waals surface area contributed by atoms with Crippen LogP contribution in [0.1, 0.15) is 29.2 Å². The molecule has 0 unspecified atom stereocenters. The number of carbonyl (C=O) groups is 3. The molecule has 0 radical (unpaired) electrons. The molecule has 1 saturated heterocycles. The predicted octanol–water partition coefficient (Wildman–Crippen LogP) is 1.80. The highest BCUT2D eigenvalue weighted by atomic mass is 16.5. The maximum Gasteiger partial charge on any atom is 0.371 e. The van der Waals surface area contributed by atoms with Crippen LogP contribution in [-0.2, 0) is 16.1 Å². The summed E-state index contributed by atoms with van der Waals surface area (Å²) in [6.07, 6.45) is 1.38. The minimum Gasteiger partial charge on any atom is -0.484 e. The van der Waals surface area contributed by atoms with Crippen LogP contribution in [0.5, 0.6) is 5.75 Å². The molecule has 1 aliphatic heterocycles. The largest absolute Gasteiger partial charge is 0.484 e. The van der Waals surface area contributed by atoms with E-state index in [4.69, 9.17) is 14.3 Å². The Morgan fingerprint density at radius 3 is 2.81 bits per heavy atom. The summed E-state index contributed by atoms with van der Waals surface area (Å²) in [6.45, 7) is 0.548. The van der Waals surface area contributed by atoms with Crippen molar-refractivity contribution in [3.63, 3.8) is 0 Å². The van der Waals surface area contributed by atoms with E-state index in [2.05, 4.69) is 5.32 Å². The first-order valence-corrected chi connectivity index (χ1v) is 8.15. The zero-order valence-corrected chi connectivity index (χ0v) is 13.9. The van der Waals surface area contributed by atoms with Gasteiger partial charge in [-0.3, -0.25) is 9.59 Å². The van der Waals surface area contributed by atoms with E-state index in [1.165, 1.54) is 12.1 Å². The van der Waals surface area contributed by atoms with Crippen molar-refractivity contribution in [1.82, 2.24) is 5.32 Å². The van der Waals surface area contributed by atoms with Gasteiger partial charge >= 0.3 is 5.97 Å². The number of carbonyl (C=O) groups excluding carboxylic acids is 2. The molecule has 136 valence electrons. The summed E-state index contributed by atoms with van der Waals surface area (Å²) in [5, 5.41) is 11.4. The molecule has 2 heterocycles. The first-order valence-electron chi connectivity index (χ1n) is 8.15. The lowest BCUT2D eigenvalue weighted by atomic mass is 10.3. The van der Waals surface area contributed by atoms with Crippen LogP contribution in [0.2, 0.25) is 0 Å². The van der Waals surface area contributed by atoms with E-state index in [1.807, 2.05) is 6.07 Å². The minimum atomic E-state index is -1.16.